The minimum atomic E-state index is -0.724. The molecule has 1 unspecified atom stereocenters. The summed E-state index contributed by atoms with van der Waals surface area (Å²) in [5, 5.41) is 10.9. The van der Waals surface area contributed by atoms with E-state index in [0.29, 0.717) is 30.5 Å². The van der Waals surface area contributed by atoms with E-state index in [1.165, 1.54) is 5.57 Å². The molecule has 3 fully saturated rings. The van der Waals surface area contributed by atoms with Gasteiger partial charge in [0.1, 0.15) is 5.78 Å². The van der Waals surface area contributed by atoms with E-state index in [4.69, 9.17) is 0 Å². The van der Waals surface area contributed by atoms with Crippen LogP contribution in [0.2, 0.25) is 0 Å². The van der Waals surface area contributed by atoms with E-state index in [1.54, 1.807) is 0 Å². The molecule has 1 N–H and O–H groups in total. The van der Waals surface area contributed by atoms with Gasteiger partial charge in [0.25, 0.3) is 0 Å². The highest BCUT2D eigenvalue weighted by Crippen LogP contribution is 2.66. The smallest absolute Gasteiger partial charge is 0.155 e. The lowest BCUT2D eigenvalue weighted by Gasteiger charge is -2.57. The highest BCUT2D eigenvalue weighted by atomic mass is 16.3. The summed E-state index contributed by atoms with van der Waals surface area (Å²) >= 11 is 0. The van der Waals surface area contributed by atoms with Gasteiger partial charge in [0, 0.05) is 24.2 Å². The van der Waals surface area contributed by atoms with Crippen LogP contribution in [-0.2, 0) is 9.59 Å². The van der Waals surface area contributed by atoms with Crippen LogP contribution in [0.15, 0.2) is 11.6 Å². The summed E-state index contributed by atoms with van der Waals surface area (Å²) in [6, 6.07) is 0. The van der Waals surface area contributed by atoms with Crippen molar-refractivity contribution in [2.75, 3.05) is 0 Å². The second-order valence-corrected chi connectivity index (χ2v) is 9.21. The monoisotopic (exact) mass is 316 g/mol. The summed E-state index contributed by atoms with van der Waals surface area (Å²) in [5.41, 5.74) is 0.103. The molecule has 126 valence electrons. The van der Waals surface area contributed by atoms with Gasteiger partial charge in [-0.1, -0.05) is 19.4 Å². The molecule has 0 heterocycles. The Hall–Kier alpha value is -0.960. The fourth-order valence-electron chi connectivity index (χ4n) is 6.60. The molecule has 4 rings (SSSR count). The maximum absolute atomic E-state index is 13.2. The Morgan fingerprint density at radius 2 is 1.83 bits per heavy atom. The molecular weight excluding hydrogens is 288 g/mol. The Morgan fingerprint density at radius 1 is 1.09 bits per heavy atom. The molecule has 0 aliphatic heterocycles. The van der Waals surface area contributed by atoms with Gasteiger partial charge in [-0.2, -0.15) is 0 Å². The fourth-order valence-corrected chi connectivity index (χ4v) is 6.60. The first-order chi connectivity index (χ1) is 10.7. The van der Waals surface area contributed by atoms with Crippen molar-refractivity contribution in [2.24, 2.45) is 28.6 Å². The summed E-state index contributed by atoms with van der Waals surface area (Å²) in [6.07, 6.45) is 7.54. The lowest BCUT2D eigenvalue weighted by Crippen LogP contribution is -2.57. The molecule has 0 aromatic heterocycles. The van der Waals surface area contributed by atoms with Crippen molar-refractivity contribution in [2.45, 2.75) is 71.3 Å². The quantitative estimate of drug-likeness (QED) is 0.745. The van der Waals surface area contributed by atoms with Gasteiger partial charge in [-0.15, -0.1) is 0 Å². The van der Waals surface area contributed by atoms with Crippen LogP contribution in [0.5, 0.6) is 0 Å². The molecule has 3 nitrogen and oxygen atoms in total. The summed E-state index contributed by atoms with van der Waals surface area (Å²) in [4.78, 5) is 25.0. The Labute approximate surface area is 138 Å². The lowest BCUT2D eigenvalue weighted by atomic mass is 9.46. The van der Waals surface area contributed by atoms with Crippen LogP contribution >= 0.6 is 0 Å². The van der Waals surface area contributed by atoms with E-state index in [2.05, 4.69) is 13.8 Å². The van der Waals surface area contributed by atoms with Crippen molar-refractivity contribution in [1.82, 2.24) is 0 Å². The lowest BCUT2D eigenvalue weighted by molar-refractivity contribution is -0.157. The van der Waals surface area contributed by atoms with Crippen LogP contribution in [-0.4, -0.2) is 22.3 Å². The van der Waals surface area contributed by atoms with E-state index >= 15 is 0 Å². The molecule has 3 saturated carbocycles. The van der Waals surface area contributed by atoms with Gasteiger partial charge in [-0.05, 0) is 62.4 Å². The first-order valence-electron chi connectivity index (χ1n) is 9.18. The summed E-state index contributed by atoms with van der Waals surface area (Å²) in [5.74, 6) is 1.44. The van der Waals surface area contributed by atoms with Crippen LogP contribution in [0, 0.1) is 28.6 Å². The Bertz CT molecular complexity index is 616. The molecule has 3 heteroatoms. The zero-order chi connectivity index (χ0) is 16.6. The molecule has 0 bridgehead atoms. The number of fused-ring (bicyclic) bond motifs is 5. The van der Waals surface area contributed by atoms with Crippen molar-refractivity contribution in [3.05, 3.63) is 11.6 Å². The molecule has 6 atom stereocenters. The number of ketones is 2. The predicted molar refractivity (Wildman–Crippen MR) is 87.7 cm³/mol. The third-order valence-electron chi connectivity index (χ3n) is 8.22. The van der Waals surface area contributed by atoms with E-state index in [-0.39, 0.29) is 22.5 Å². The fraction of sp³-hybridized carbons (Fsp3) is 0.800. The molecule has 23 heavy (non-hydrogen) atoms. The standard InChI is InChI=1S/C20H28O3/c1-18-8-6-13(21)10-12(18)4-5-14-15-7-9-20(3,23)19(15,2)11-16(22)17(14)18/h10,14-15,17,23H,4-9,11H2,1-3H3/t14-,15-,17+,18-,19-,20?/m0/s1. The van der Waals surface area contributed by atoms with Gasteiger partial charge < -0.3 is 5.11 Å². The Balaban J connectivity index is 1.77. The van der Waals surface area contributed by atoms with Crippen LogP contribution in [0.1, 0.15) is 65.7 Å². The first-order valence-corrected chi connectivity index (χ1v) is 9.18. The van der Waals surface area contributed by atoms with Crippen molar-refractivity contribution >= 4 is 11.6 Å². The van der Waals surface area contributed by atoms with Gasteiger partial charge >= 0.3 is 0 Å². The zero-order valence-corrected chi connectivity index (χ0v) is 14.5. The second kappa shape index (κ2) is 4.56. The highest BCUT2D eigenvalue weighted by molar-refractivity contribution is 5.93. The number of allylic oxidation sites excluding steroid dienone is 1. The number of rotatable bonds is 0. The number of carbonyl (C=O) groups is 2. The molecule has 0 radical (unpaired) electrons. The molecule has 4 aliphatic rings. The highest BCUT2D eigenvalue weighted by Gasteiger charge is 2.65. The van der Waals surface area contributed by atoms with Crippen LogP contribution < -0.4 is 0 Å². The minimum Gasteiger partial charge on any atom is -0.390 e. The molecule has 0 spiro atoms. The topological polar surface area (TPSA) is 54.4 Å². The van der Waals surface area contributed by atoms with Gasteiger partial charge in [-0.25, -0.2) is 0 Å². The molecule has 0 aromatic carbocycles. The summed E-state index contributed by atoms with van der Waals surface area (Å²) in [7, 11) is 0. The van der Waals surface area contributed by atoms with E-state index < -0.39 is 5.60 Å². The van der Waals surface area contributed by atoms with Crippen molar-refractivity contribution in [1.29, 1.82) is 0 Å². The average molecular weight is 316 g/mol. The normalized spacial score (nSPS) is 52.5. The van der Waals surface area contributed by atoms with Crippen LogP contribution in [0.4, 0.5) is 0 Å². The van der Waals surface area contributed by atoms with Crippen molar-refractivity contribution in [3.8, 4) is 0 Å². The number of carbonyl (C=O) groups excluding carboxylic acids is 2. The van der Waals surface area contributed by atoms with Crippen molar-refractivity contribution in [3.63, 3.8) is 0 Å². The third-order valence-corrected chi connectivity index (χ3v) is 8.22. The SMILES string of the molecule is CC1(O)CC[C@H]2[C@@H]3CCC4=CC(=O)CC[C@]4(C)[C@H]3C(=O)C[C@@]21C. The van der Waals surface area contributed by atoms with Crippen molar-refractivity contribution < 1.29 is 14.7 Å². The number of hydrogen-bond donors (Lipinski definition) is 1. The molecule has 4 aliphatic carbocycles. The van der Waals surface area contributed by atoms with E-state index in [0.717, 1.165) is 32.1 Å². The molecule has 0 aromatic rings. The maximum atomic E-state index is 13.2. The zero-order valence-electron chi connectivity index (χ0n) is 14.5. The molecular formula is C20H28O3. The molecule has 0 saturated heterocycles. The largest absolute Gasteiger partial charge is 0.390 e. The minimum absolute atomic E-state index is 0.0579. The Morgan fingerprint density at radius 3 is 2.57 bits per heavy atom. The predicted octanol–water partition coefficient (Wildman–Crippen LogP) is 3.45. The van der Waals surface area contributed by atoms with Gasteiger partial charge in [0.2, 0.25) is 0 Å². The van der Waals surface area contributed by atoms with E-state index in [9.17, 15) is 14.7 Å². The number of hydrogen-bond acceptors (Lipinski definition) is 3. The van der Waals surface area contributed by atoms with Gasteiger partial charge in [0.05, 0.1) is 5.60 Å². The van der Waals surface area contributed by atoms with Gasteiger partial charge in [-0.3, -0.25) is 9.59 Å². The second-order valence-electron chi connectivity index (χ2n) is 9.21. The average Bonchev–Trinajstić information content (AvgIpc) is 2.69. The number of aliphatic hydroxyl groups is 1. The maximum Gasteiger partial charge on any atom is 0.155 e. The Kier molecular flexibility index (Phi) is 3.09. The summed E-state index contributed by atoms with van der Waals surface area (Å²) < 4.78 is 0. The van der Waals surface area contributed by atoms with Crippen LogP contribution in [0.25, 0.3) is 0 Å². The van der Waals surface area contributed by atoms with Crippen LogP contribution in [0.3, 0.4) is 0 Å². The van der Waals surface area contributed by atoms with Gasteiger partial charge in [0.15, 0.2) is 5.78 Å². The summed E-state index contributed by atoms with van der Waals surface area (Å²) in [6.45, 7) is 6.28. The first kappa shape index (κ1) is 15.6. The number of Topliss-reactive ketones (excluding diaryl/α,β-unsaturated/α-hetero) is 1. The third kappa shape index (κ3) is 1.86. The molecule has 0 amide bonds. The van der Waals surface area contributed by atoms with E-state index in [1.807, 2.05) is 13.0 Å².